The number of rotatable bonds is 3. The van der Waals surface area contributed by atoms with Crippen molar-refractivity contribution in [2.75, 3.05) is 45.8 Å². The summed E-state index contributed by atoms with van der Waals surface area (Å²) in [5.74, 6) is 0.988. The van der Waals surface area contributed by atoms with E-state index in [4.69, 9.17) is 0 Å². The van der Waals surface area contributed by atoms with E-state index in [2.05, 4.69) is 15.5 Å². The summed E-state index contributed by atoms with van der Waals surface area (Å²) in [5, 5.41) is 6.90. The lowest BCUT2D eigenvalue weighted by molar-refractivity contribution is 0.247. The standard InChI is InChI=1S/C12H25N3.2ClH/c1-5-13-8-11-15(9-1)10-4-12-2-6-14-7-3-12;;/h12-14H,1-11H2;2*1H. The fourth-order valence-electron chi connectivity index (χ4n) is 2.66. The molecule has 0 aromatic heterocycles. The minimum atomic E-state index is 0. The van der Waals surface area contributed by atoms with Crippen LogP contribution in [0, 0.1) is 5.92 Å². The van der Waals surface area contributed by atoms with Crippen LogP contribution >= 0.6 is 24.8 Å². The SMILES string of the molecule is C1CNCCN(CCC2CCNCC2)C1.Cl.Cl. The van der Waals surface area contributed by atoms with Gasteiger partial charge in [0.15, 0.2) is 0 Å². The molecule has 0 unspecified atom stereocenters. The van der Waals surface area contributed by atoms with E-state index in [1.807, 2.05) is 0 Å². The van der Waals surface area contributed by atoms with Crippen molar-refractivity contribution in [3.05, 3.63) is 0 Å². The summed E-state index contributed by atoms with van der Waals surface area (Å²) in [7, 11) is 0. The first-order valence-corrected chi connectivity index (χ1v) is 6.59. The number of halogens is 2. The Kier molecular flexibility index (Phi) is 10.7. The van der Waals surface area contributed by atoms with Gasteiger partial charge in [-0.3, -0.25) is 0 Å². The Balaban J connectivity index is 0.00000128. The van der Waals surface area contributed by atoms with Crippen LogP contribution in [0.4, 0.5) is 0 Å². The summed E-state index contributed by atoms with van der Waals surface area (Å²) in [4.78, 5) is 2.64. The van der Waals surface area contributed by atoms with Crippen LogP contribution in [-0.2, 0) is 0 Å². The molecule has 2 aliphatic rings. The Hall–Kier alpha value is 0.460. The van der Waals surface area contributed by atoms with Crippen molar-refractivity contribution >= 4 is 24.8 Å². The highest BCUT2D eigenvalue weighted by Crippen LogP contribution is 2.16. The summed E-state index contributed by atoms with van der Waals surface area (Å²) >= 11 is 0. The molecule has 2 rings (SSSR count). The molecule has 0 saturated carbocycles. The average Bonchev–Trinajstić information content (AvgIpc) is 2.56. The molecule has 0 spiro atoms. The molecule has 5 heteroatoms. The minimum Gasteiger partial charge on any atom is -0.317 e. The highest BCUT2D eigenvalue weighted by molar-refractivity contribution is 5.85. The zero-order chi connectivity index (χ0) is 10.3. The average molecular weight is 284 g/mol. The van der Waals surface area contributed by atoms with Crippen LogP contribution < -0.4 is 10.6 Å². The number of hydrogen-bond donors (Lipinski definition) is 2. The Labute approximate surface area is 118 Å². The highest BCUT2D eigenvalue weighted by atomic mass is 35.5. The first-order valence-electron chi connectivity index (χ1n) is 6.59. The van der Waals surface area contributed by atoms with Gasteiger partial charge in [-0.25, -0.2) is 0 Å². The van der Waals surface area contributed by atoms with Crippen LogP contribution in [0.3, 0.4) is 0 Å². The smallest absolute Gasteiger partial charge is 0.0107 e. The van der Waals surface area contributed by atoms with Crippen molar-refractivity contribution in [2.45, 2.75) is 25.7 Å². The first kappa shape index (κ1) is 17.5. The second kappa shape index (κ2) is 10.4. The van der Waals surface area contributed by atoms with Crippen LogP contribution in [0.1, 0.15) is 25.7 Å². The van der Waals surface area contributed by atoms with Crippen molar-refractivity contribution in [1.82, 2.24) is 15.5 Å². The summed E-state index contributed by atoms with van der Waals surface area (Å²) in [5.41, 5.74) is 0. The van der Waals surface area contributed by atoms with E-state index in [0.29, 0.717) is 0 Å². The van der Waals surface area contributed by atoms with Gasteiger partial charge in [0.05, 0.1) is 0 Å². The normalized spacial score (nSPS) is 23.3. The summed E-state index contributed by atoms with van der Waals surface area (Å²) in [6.45, 7) is 8.77. The predicted molar refractivity (Wildman–Crippen MR) is 78.6 cm³/mol. The van der Waals surface area contributed by atoms with Gasteiger partial charge in [0.25, 0.3) is 0 Å². The Bertz CT molecular complexity index is 167. The van der Waals surface area contributed by atoms with Gasteiger partial charge in [0, 0.05) is 13.1 Å². The van der Waals surface area contributed by atoms with Gasteiger partial charge in [-0.05, 0) is 64.3 Å². The second-order valence-electron chi connectivity index (χ2n) is 4.93. The van der Waals surface area contributed by atoms with Gasteiger partial charge in [-0.15, -0.1) is 24.8 Å². The molecule has 0 amide bonds. The molecule has 3 nitrogen and oxygen atoms in total. The van der Waals surface area contributed by atoms with E-state index in [-0.39, 0.29) is 24.8 Å². The predicted octanol–water partition coefficient (Wildman–Crippen LogP) is 1.51. The van der Waals surface area contributed by atoms with Gasteiger partial charge in [-0.1, -0.05) is 0 Å². The van der Waals surface area contributed by atoms with E-state index in [0.717, 1.165) is 5.92 Å². The minimum absolute atomic E-state index is 0. The fraction of sp³-hybridized carbons (Fsp3) is 1.00. The Morgan fingerprint density at radius 3 is 2.35 bits per heavy atom. The van der Waals surface area contributed by atoms with Crippen molar-refractivity contribution in [1.29, 1.82) is 0 Å². The van der Waals surface area contributed by atoms with Gasteiger partial charge in [0.2, 0.25) is 0 Å². The lowest BCUT2D eigenvalue weighted by Crippen LogP contribution is -2.33. The molecule has 0 aromatic rings. The monoisotopic (exact) mass is 283 g/mol. The van der Waals surface area contributed by atoms with E-state index >= 15 is 0 Å². The highest BCUT2D eigenvalue weighted by Gasteiger charge is 2.15. The molecule has 0 radical (unpaired) electrons. The molecule has 2 N–H and O–H groups in total. The maximum Gasteiger partial charge on any atom is 0.0107 e. The van der Waals surface area contributed by atoms with Crippen molar-refractivity contribution in [3.8, 4) is 0 Å². The maximum atomic E-state index is 3.46. The van der Waals surface area contributed by atoms with Crippen LogP contribution in [-0.4, -0.2) is 50.7 Å². The molecular formula is C12H27Cl2N3. The molecule has 0 bridgehead atoms. The number of piperidine rings is 1. The fourth-order valence-corrected chi connectivity index (χ4v) is 2.66. The summed E-state index contributed by atoms with van der Waals surface area (Å²) < 4.78 is 0. The molecule has 17 heavy (non-hydrogen) atoms. The molecular weight excluding hydrogens is 257 g/mol. The van der Waals surface area contributed by atoms with E-state index in [1.54, 1.807) is 0 Å². The molecule has 2 saturated heterocycles. The van der Waals surface area contributed by atoms with Crippen LogP contribution in [0.25, 0.3) is 0 Å². The first-order chi connectivity index (χ1) is 7.45. The molecule has 0 atom stereocenters. The van der Waals surface area contributed by atoms with E-state index in [9.17, 15) is 0 Å². The van der Waals surface area contributed by atoms with E-state index < -0.39 is 0 Å². The lowest BCUT2D eigenvalue weighted by atomic mass is 9.94. The van der Waals surface area contributed by atoms with Gasteiger partial charge < -0.3 is 15.5 Å². The molecule has 0 aliphatic carbocycles. The Morgan fingerprint density at radius 2 is 1.59 bits per heavy atom. The summed E-state index contributed by atoms with van der Waals surface area (Å²) in [6.07, 6.45) is 5.53. The number of hydrogen-bond acceptors (Lipinski definition) is 3. The zero-order valence-electron chi connectivity index (χ0n) is 10.6. The quantitative estimate of drug-likeness (QED) is 0.823. The third-order valence-electron chi connectivity index (χ3n) is 3.75. The number of nitrogens with one attached hydrogen (secondary N) is 2. The zero-order valence-corrected chi connectivity index (χ0v) is 12.3. The summed E-state index contributed by atoms with van der Waals surface area (Å²) in [6, 6.07) is 0. The third kappa shape index (κ3) is 6.82. The van der Waals surface area contributed by atoms with Crippen LogP contribution in [0.2, 0.25) is 0 Å². The van der Waals surface area contributed by atoms with Crippen molar-refractivity contribution < 1.29 is 0 Å². The van der Waals surface area contributed by atoms with Crippen molar-refractivity contribution in [2.24, 2.45) is 5.92 Å². The van der Waals surface area contributed by atoms with Gasteiger partial charge in [-0.2, -0.15) is 0 Å². The molecule has 2 aliphatic heterocycles. The lowest BCUT2D eigenvalue weighted by Gasteiger charge is -2.26. The van der Waals surface area contributed by atoms with Gasteiger partial charge in [0.1, 0.15) is 0 Å². The number of nitrogens with zero attached hydrogens (tertiary/aromatic N) is 1. The van der Waals surface area contributed by atoms with Crippen LogP contribution in [0.15, 0.2) is 0 Å². The second-order valence-corrected chi connectivity index (χ2v) is 4.93. The molecule has 0 aromatic carbocycles. The molecule has 104 valence electrons. The van der Waals surface area contributed by atoms with E-state index in [1.165, 1.54) is 71.5 Å². The maximum absolute atomic E-state index is 3.46. The largest absolute Gasteiger partial charge is 0.317 e. The topological polar surface area (TPSA) is 27.3 Å². The van der Waals surface area contributed by atoms with Crippen LogP contribution in [0.5, 0.6) is 0 Å². The Morgan fingerprint density at radius 1 is 0.882 bits per heavy atom. The van der Waals surface area contributed by atoms with Crippen molar-refractivity contribution in [3.63, 3.8) is 0 Å². The molecule has 2 heterocycles. The third-order valence-corrected chi connectivity index (χ3v) is 3.75. The van der Waals surface area contributed by atoms with Gasteiger partial charge >= 0.3 is 0 Å². The molecule has 2 fully saturated rings.